The zero-order valence-corrected chi connectivity index (χ0v) is 88.2. The molecule has 0 amide bonds. The maximum absolute atomic E-state index is 13.2. The Bertz CT molecular complexity index is 5350. The van der Waals surface area contributed by atoms with E-state index in [1.807, 2.05) is 283 Å². The van der Waals surface area contributed by atoms with Crippen LogP contribution in [0.5, 0.6) is 0 Å². The molecule has 2 heterocycles. The highest BCUT2D eigenvalue weighted by Crippen LogP contribution is 2.45. The lowest BCUT2D eigenvalue weighted by Gasteiger charge is -2.36. The molecule has 30 nitrogen and oxygen atoms in total. The average Bonchev–Trinajstić information content (AvgIpc) is 1.42. The van der Waals surface area contributed by atoms with Gasteiger partial charge in [0.1, 0.15) is 25.4 Å². The fourth-order valence-electron chi connectivity index (χ4n) is 15.3. The SMILES string of the molecule is C/C=C/C1=C(C)C(=O)C(OC(=O)CCC(=O)OC[C@H](O)[C@H]2OC(=O)C(O)=C2O)CC1(C)C.CC.CC.CC(C)=C/C=C/C(C)=C/C=C/C=C(C)/C=C/C=C(C)/C=C/C1=C(C)C(=O)C(OC(=O)CCC(=O)OC[C@H](O)[C@H]2OC(=O)C(O)=C2O)CC1(C)C.CC1=C(/C=C/C(C)=C/C=C/C(C)=C/C=C/C=C(C)/C=C/C=C(C)/C=C/C2=C(C)C(=O)C(OC(=O)CCC(=O)O)CC2(C)C)C(C)(C)CC(OC(=O)CCC(=O)O)C1=O. The Morgan fingerprint density at radius 2 is 0.549 bits per heavy atom. The third-order valence-corrected chi connectivity index (χ3v) is 23.1. The normalized spacial score (nSPS) is 21.3. The van der Waals surface area contributed by atoms with Crippen LogP contribution in [0.15, 0.2) is 282 Å². The highest BCUT2D eigenvalue weighted by Gasteiger charge is 2.46. The summed E-state index contributed by atoms with van der Waals surface area (Å²) in [7, 11) is 0. The summed E-state index contributed by atoms with van der Waals surface area (Å²) in [6.45, 7) is 49.3. The fraction of sp³-hybridized carbons (Fsp3) is 0.456. The molecule has 6 rings (SSSR count). The van der Waals surface area contributed by atoms with Gasteiger partial charge in [-0.25, -0.2) is 9.59 Å². The van der Waals surface area contributed by atoms with Crippen LogP contribution in [0.25, 0.3) is 0 Å². The Kier molecular flexibility index (Phi) is 53.8. The minimum absolute atomic E-state index is 0.260. The summed E-state index contributed by atoms with van der Waals surface area (Å²) in [4.78, 5) is 168. The van der Waals surface area contributed by atoms with Crippen LogP contribution in [-0.2, 0) is 105 Å². The molecule has 0 radical (unpaired) electrons. The molecule has 786 valence electrons. The molecule has 6 aliphatic rings. The van der Waals surface area contributed by atoms with Crippen LogP contribution < -0.4 is 0 Å². The molecule has 30 heteroatoms. The first-order valence-electron chi connectivity index (χ1n) is 48.0. The summed E-state index contributed by atoms with van der Waals surface area (Å²) in [6.07, 6.45) is 43.8. The van der Waals surface area contributed by atoms with Crippen LogP contribution in [0, 0.1) is 21.7 Å². The van der Waals surface area contributed by atoms with Gasteiger partial charge in [0.25, 0.3) is 0 Å². The van der Waals surface area contributed by atoms with Crippen molar-refractivity contribution in [2.75, 3.05) is 13.2 Å². The number of allylic oxidation sites excluding steroid dienone is 40. The van der Waals surface area contributed by atoms with E-state index in [9.17, 15) is 97.8 Å². The van der Waals surface area contributed by atoms with Crippen molar-refractivity contribution < 1.29 is 146 Å². The van der Waals surface area contributed by atoms with Crippen LogP contribution in [0.2, 0.25) is 0 Å². The molecule has 0 saturated carbocycles. The molecule has 0 aromatic carbocycles. The topological polar surface area (TPSA) is 475 Å². The van der Waals surface area contributed by atoms with Crippen molar-refractivity contribution in [1.29, 1.82) is 0 Å². The van der Waals surface area contributed by atoms with E-state index in [1.54, 1.807) is 27.7 Å². The largest absolute Gasteiger partial charge is 0.505 e. The number of hydrogen-bond donors (Lipinski definition) is 8. The summed E-state index contributed by atoms with van der Waals surface area (Å²) in [5.74, 6) is -14.1. The number of ether oxygens (including phenoxy) is 8. The van der Waals surface area contributed by atoms with Crippen molar-refractivity contribution in [2.45, 2.75) is 306 Å². The number of aliphatic hydroxyl groups is 6. The number of carbonyl (C=O) groups is 14. The zero-order valence-electron chi connectivity index (χ0n) is 88.2. The van der Waals surface area contributed by atoms with Crippen molar-refractivity contribution in [1.82, 2.24) is 0 Å². The minimum Gasteiger partial charge on any atom is -0.505 e. The van der Waals surface area contributed by atoms with Crippen LogP contribution in [0.4, 0.5) is 0 Å². The summed E-state index contributed by atoms with van der Waals surface area (Å²) in [5, 5.41) is 75.2. The monoisotopic (exact) mass is 2000 g/mol. The number of aliphatic carboxylic acids is 2. The molecule has 4 aliphatic carbocycles. The Hall–Kier alpha value is -13.7. The number of aliphatic hydroxyl groups excluding tert-OH is 6. The van der Waals surface area contributed by atoms with Gasteiger partial charge in [-0.2, -0.15) is 0 Å². The molecule has 2 aliphatic heterocycles. The summed E-state index contributed by atoms with van der Waals surface area (Å²) >= 11 is 0. The first-order valence-corrected chi connectivity index (χ1v) is 48.0. The lowest BCUT2D eigenvalue weighted by Crippen LogP contribution is -2.39. The van der Waals surface area contributed by atoms with Crippen LogP contribution >= 0.6 is 0 Å². The van der Waals surface area contributed by atoms with Gasteiger partial charge in [-0.15, -0.1) is 0 Å². The summed E-state index contributed by atoms with van der Waals surface area (Å²) in [5.41, 5.74) is 12.4. The van der Waals surface area contributed by atoms with Gasteiger partial charge in [0.15, 0.2) is 71.3 Å². The van der Waals surface area contributed by atoms with E-state index < -0.39 is 167 Å². The second kappa shape index (κ2) is 61.3. The number of cyclic esters (lactones) is 2. The second-order valence-electron chi connectivity index (χ2n) is 37.6. The van der Waals surface area contributed by atoms with Crippen molar-refractivity contribution >= 4 is 82.8 Å². The molecular formula is C114H150O30. The Labute approximate surface area is 847 Å². The molecule has 4 unspecified atom stereocenters. The molecule has 144 heavy (non-hydrogen) atoms. The van der Waals surface area contributed by atoms with Crippen LogP contribution in [0.3, 0.4) is 0 Å². The second-order valence-corrected chi connectivity index (χ2v) is 37.6. The van der Waals surface area contributed by atoms with E-state index in [0.717, 1.165) is 61.3 Å². The predicted octanol–water partition coefficient (Wildman–Crippen LogP) is 20.7. The maximum Gasteiger partial charge on any atom is 0.377 e. The number of carboxylic acids is 2. The van der Waals surface area contributed by atoms with Gasteiger partial charge < -0.3 is 78.7 Å². The molecule has 0 fully saturated rings. The first-order chi connectivity index (χ1) is 67.3. The molecule has 8 atom stereocenters. The lowest BCUT2D eigenvalue weighted by molar-refractivity contribution is -0.160. The third-order valence-electron chi connectivity index (χ3n) is 23.1. The molecule has 0 bridgehead atoms. The van der Waals surface area contributed by atoms with E-state index in [-0.39, 0.29) is 79.9 Å². The number of esters is 8. The van der Waals surface area contributed by atoms with Crippen molar-refractivity contribution in [3.05, 3.63) is 282 Å². The van der Waals surface area contributed by atoms with Gasteiger partial charge in [0, 0.05) is 25.7 Å². The van der Waals surface area contributed by atoms with Crippen LogP contribution in [-0.4, -0.2) is 186 Å². The molecule has 0 saturated heterocycles. The van der Waals surface area contributed by atoms with E-state index in [4.69, 9.17) is 38.6 Å². The number of rotatable bonds is 41. The van der Waals surface area contributed by atoms with Gasteiger partial charge in [0.2, 0.25) is 11.5 Å². The number of carbonyl (C=O) groups excluding carboxylic acids is 12. The average molecular weight is 2000 g/mol. The Morgan fingerprint density at radius 3 is 0.771 bits per heavy atom. The van der Waals surface area contributed by atoms with E-state index >= 15 is 0 Å². The van der Waals surface area contributed by atoms with Gasteiger partial charge in [-0.1, -0.05) is 298 Å². The van der Waals surface area contributed by atoms with Crippen molar-refractivity contribution in [3.8, 4) is 0 Å². The molecule has 8 N–H and O–H groups in total. The number of Topliss-reactive ketones (excluding diaryl/α,β-unsaturated/α-hetero) is 4. The quantitative estimate of drug-likeness (QED) is 0.0160. The lowest BCUT2D eigenvalue weighted by atomic mass is 9.71. The highest BCUT2D eigenvalue weighted by atomic mass is 16.6. The van der Waals surface area contributed by atoms with E-state index in [2.05, 4.69) is 48.5 Å². The van der Waals surface area contributed by atoms with Crippen molar-refractivity contribution in [3.63, 3.8) is 0 Å². The molecular weight excluding hydrogens is 1850 g/mol. The number of carboxylic acid groups (broad SMARTS) is 2. The maximum atomic E-state index is 13.2. The van der Waals surface area contributed by atoms with Gasteiger partial charge in [0.05, 0.1) is 51.4 Å². The highest BCUT2D eigenvalue weighted by molar-refractivity contribution is 6.04. The Morgan fingerprint density at radius 1 is 0.333 bits per heavy atom. The summed E-state index contributed by atoms with van der Waals surface area (Å²) in [6, 6.07) is 0. The van der Waals surface area contributed by atoms with E-state index in [0.29, 0.717) is 41.6 Å². The van der Waals surface area contributed by atoms with Gasteiger partial charge in [-0.3, -0.25) is 57.5 Å². The minimum atomic E-state index is -1.63. The number of hydrogen-bond acceptors (Lipinski definition) is 28. The third kappa shape index (κ3) is 42.8. The first kappa shape index (κ1) is 126. The van der Waals surface area contributed by atoms with Gasteiger partial charge >= 0.3 is 59.7 Å². The smallest absolute Gasteiger partial charge is 0.377 e. The van der Waals surface area contributed by atoms with E-state index in [1.165, 1.54) is 5.57 Å². The molecule has 0 aromatic rings. The zero-order chi connectivity index (χ0) is 110. The summed E-state index contributed by atoms with van der Waals surface area (Å²) < 4.78 is 40.3. The Balaban J connectivity index is 0.000000743. The number of ketones is 4. The predicted molar refractivity (Wildman–Crippen MR) is 550 cm³/mol. The standard InChI is InChI=1S/C48H60O10.C40H50O10.C22H28O10.2C2H6/c1-31(17-13-19-33(3)21-23-37-35(5)45(55)39(29-47(37,7)8)57-43(53)27-25-41(49)50)15-11-12-16-32(2)18-14-20-34(4)22-24-38-36(6)46(56)40(30-48(38,9)10)58-44(54)28-26-42(51)52;1-25(2)13-11-16-26(3)14-9-10-15-27(4)17-12-18-28(5)19-20-30-29(6)35(44)32(23-40(30,7)8)49-34(43)22-21-33(42)48-24-31(41)38-36(45)37(46)39(47)50-38;1-5-6-12-11(2)17(26)14(9-22(12,3)4)31-16(25)8-7-15(24)30-10-13(23)20-18(27)19(28)21(29)32-20;2*1-2/h11-24,39-40H,25-30H2,1-10H3,(H,49,50)(H,51,52);9-20,31-32,38,41,45-46H,21-24H2,1-8H3;5-6,13-14,20,23,27-28H,7-10H2,1-4H3;2*1-2H3/b12-11+,17-13+,18-14+,23-21+,24-22+,31-15+,32-16+,33-19+,34-20+;10-9+,16-11+,17-12+,20-19+,26-14+,27-15+,28-18+;6-5+;;/t;31-,32?,38+;13-,14?,20+;;/m.00../s1. The molecule has 0 aromatic heterocycles. The van der Waals surface area contributed by atoms with Crippen LogP contribution in [0.1, 0.15) is 257 Å². The van der Waals surface area contributed by atoms with Gasteiger partial charge in [-0.05, 0) is 163 Å². The van der Waals surface area contributed by atoms with Crippen molar-refractivity contribution in [2.24, 2.45) is 21.7 Å². The fourth-order valence-corrected chi connectivity index (χ4v) is 15.3. The molecule has 0 spiro atoms.